The summed E-state index contributed by atoms with van der Waals surface area (Å²) in [6.45, 7) is 0. The summed E-state index contributed by atoms with van der Waals surface area (Å²) in [5.74, 6) is 1.57. The van der Waals surface area contributed by atoms with Crippen molar-refractivity contribution in [3.05, 3.63) is 72.6 Å². The molecule has 0 spiro atoms. The molecule has 21 heavy (non-hydrogen) atoms. The second-order valence-electron chi connectivity index (χ2n) is 4.46. The first kappa shape index (κ1) is 12.8. The van der Waals surface area contributed by atoms with Crippen molar-refractivity contribution in [2.75, 3.05) is 5.32 Å². The number of hydrogen-bond donors (Lipinski definition) is 2. The van der Waals surface area contributed by atoms with Crippen LogP contribution in [0.5, 0.6) is 11.5 Å². The van der Waals surface area contributed by atoms with Gasteiger partial charge in [-0.2, -0.15) is 5.26 Å². The number of para-hydroxylation sites is 1. The summed E-state index contributed by atoms with van der Waals surface area (Å²) < 4.78 is 5.73. The van der Waals surface area contributed by atoms with Gasteiger partial charge in [-0.05, 0) is 36.4 Å². The van der Waals surface area contributed by atoms with E-state index in [0.717, 1.165) is 22.9 Å². The standard InChI is InChI=1S/C17H13N3O/c18-10-13-11-19-12-17(13)20-14-6-8-16(9-7-14)21-15-4-2-1-3-5-15/h1-9,11-12,19-20H. The van der Waals surface area contributed by atoms with E-state index in [1.54, 1.807) is 12.4 Å². The SMILES string of the molecule is N#Cc1c[nH]cc1Nc1ccc(Oc2ccccc2)cc1. The summed E-state index contributed by atoms with van der Waals surface area (Å²) in [4.78, 5) is 2.90. The van der Waals surface area contributed by atoms with Gasteiger partial charge in [0.25, 0.3) is 0 Å². The Bertz CT molecular complexity index is 755. The lowest BCUT2D eigenvalue weighted by atomic mass is 10.2. The van der Waals surface area contributed by atoms with Gasteiger partial charge in [-0.3, -0.25) is 0 Å². The van der Waals surface area contributed by atoms with E-state index in [-0.39, 0.29) is 0 Å². The largest absolute Gasteiger partial charge is 0.457 e. The normalized spacial score (nSPS) is 9.86. The first-order chi connectivity index (χ1) is 10.3. The maximum atomic E-state index is 8.96. The van der Waals surface area contributed by atoms with E-state index in [4.69, 9.17) is 10.00 Å². The molecule has 1 aromatic heterocycles. The Morgan fingerprint density at radius 3 is 2.33 bits per heavy atom. The molecule has 4 nitrogen and oxygen atoms in total. The predicted octanol–water partition coefficient (Wildman–Crippen LogP) is 4.42. The average Bonchev–Trinajstić information content (AvgIpc) is 2.97. The number of aromatic amines is 1. The van der Waals surface area contributed by atoms with E-state index < -0.39 is 0 Å². The Morgan fingerprint density at radius 1 is 0.905 bits per heavy atom. The zero-order chi connectivity index (χ0) is 14.5. The van der Waals surface area contributed by atoms with Gasteiger partial charge in [0.15, 0.2) is 0 Å². The molecule has 102 valence electrons. The zero-order valence-corrected chi connectivity index (χ0v) is 11.2. The molecule has 0 atom stereocenters. The quantitative estimate of drug-likeness (QED) is 0.740. The molecule has 0 saturated carbocycles. The molecule has 3 rings (SSSR count). The number of benzene rings is 2. The predicted molar refractivity (Wildman–Crippen MR) is 81.7 cm³/mol. The molecule has 4 heteroatoms. The minimum atomic E-state index is 0.583. The summed E-state index contributed by atoms with van der Waals surface area (Å²) in [5, 5.41) is 12.1. The number of nitrogens with zero attached hydrogens (tertiary/aromatic N) is 1. The van der Waals surface area contributed by atoms with Crippen LogP contribution in [0, 0.1) is 11.3 Å². The van der Waals surface area contributed by atoms with E-state index in [0.29, 0.717) is 5.56 Å². The van der Waals surface area contributed by atoms with Crippen LogP contribution in [0.1, 0.15) is 5.56 Å². The van der Waals surface area contributed by atoms with E-state index >= 15 is 0 Å². The van der Waals surface area contributed by atoms with E-state index in [2.05, 4.69) is 16.4 Å². The van der Waals surface area contributed by atoms with E-state index in [1.807, 2.05) is 54.6 Å². The van der Waals surface area contributed by atoms with Crippen molar-refractivity contribution >= 4 is 11.4 Å². The number of nitriles is 1. The maximum absolute atomic E-state index is 8.96. The molecule has 0 amide bonds. The highest BCUT2D eigenvalue weighted by atomic mass is 16.5. The highest BCUT2D eigenvalue weighted by Crippen LogP contribution is 2.25. The molecule has 1 heterocycles. The Labute approximate surface area is 122 Å². The Kier molecular flexibility index (Phi) is 3.57. The number of rotatable bonds is 4. The smallest absolute Gasteiger partial charge is 0.127 e. The van der Waals surface area contributed by atoms with Crippen LogP contribution in [0.15, 0.2) is 67.0 Å². The van der Waals surface area contributed by atoms with Crippen molar-refractivity contribution in [1.29, 1.82) is 5.26 Å². The molecule has 2 N–H and O–H groups in total. The lowest BCUT2D eigenvalue weighted by Crippen LogP contribution is -1.91. The molecule has 0 radical (unpaired) electrons. The van der Waals surface area contributed by atoms with Gasteiger partial charge in [0, 0.05) is 18.1 Å². The number of H-pyrrole nitrogens is 1. The number of nitrogens with one attached hydrogen (secondary N) is 2. The molecule has 0 aliphatic rings. The number of hydrogen-bond acceptors (Lipinski definition) is 3. The van der Waals surface area contributed by atoms with Crippen molar-refractivity contribution < 1.29 is 4.74 Å². The van der Waals surface area contributed by atoms with Gasteiger partial charge in [0.1, 0.15) is 17.6 Å². The highest BCUT2D eigenvalue weighted by molar-refractivity contribution is 5.66. The Balaban J connectivity index is 1.71. The van der Waals surface area contributed by atoms with Crippen LogP contribution in [0.2, 0.25) is 0 Å². The van der Waals surface area contributed by atoms with Gasteiger partial charge in [0.05, 0.1) is 11.3 Å². The fraction of sp³-hybridized carbons (Fsp3) is 0. The first-order valence-electron chi connectivity index (χ1n) is 6.52. The fourth-order valence-corrected chi connectivity index (χ4v) is 1.95. The molecule has 0 aliphatic carbocycles. The number of anilines is 2. The van der Waals surface area contributed by atoms with Gasteiger partial charge in [0.2, 0.25) is 0 Å². The van der Waals surface area contributed by atoms with Crippen LogP contribution in [-0.2, 0) is 0 Å². The molecular weight excluding hydrogens is 262 g/mol. The first-order valence-corrected chi connectivity index (χ1v) is 6.52. The van der Waals surface area contributed by atoms with E-state index in [9.17, 15) is 0 Å². The summed E-state index contributed by atoms with van der Waals surface area (Å²) in [7, 11) is 0. The van der Waals surface area contributed by atoms with Crippen LogP contribution in [-0.4, -0.2) is 4.98 Å². The maximum Gasteiger partial charge on any atom is 0.127 e. The molecule has 0 unspecified atom stereocenters. The van der Waals surface area contributed by atoms with Crippen molar-refractivity contribution in [3.8, 4) is 17.6 Å². The molecule has 0 saturated heterocycles. The average molecular weight is 275 g/mol. The van der Waals surface area contributed by atoms with Crippen LogP contribution in [0.25, 0.3) is 0 Å². The summed E-state index contributed by atoms with van der Waals surface area (Å²) in [6.07, 6.45) is 3.42. The van der Waals surface area contributed by atoms with Crippen LogP contribution in [0.3, 0.4) is 0 Å². The van der Waals surface area contributed by atoms with Gasteiger partial charge in [-0.25, -0.2) is 0 Å². The third kappa shape index (κ3) is 3.04. The lowest BCUT2D eigenvalue weighted by molar-refractivity contribution is 0.483. The Morgan fingerprint density at radius 2 is 1.62 bits per heavy atom. The zero-order valence-electron chi connectivity index (χ0n) is 11.2. The Hall–Kier alpha value is -3.19. The van der Waals surface area contributed by atoms with Gasteiger partial charge in [-0.15, -0.1) is 0 Å². The van der Waals surface area contributed by atoms with Gasteiger partial charge in [-0.1, -0.05) is 18.2 Å². The lowest BCUT2D eigenvalue weighted by Gasteiger charge is -2.08. The molecule has 0 bridgehead atoms. The second-order valence-corrected chi connectivity index (χ2v) is 4.46. The topological polar surface area (TPSA) is 60.8 Å². The third-order valence-electron chi connectivity index (χ3n) is 2.98. The van der Waals surface area contributed by atoms with Crippen LogP contribution in [0.4, 0.5) is 11.4 Å². The second kappa shape index (κ2) is 5.85. The minimum absolute atomic E-state index is 0.583. The number of ether oxygens (including phenoxy) is 1. The number of aromatic nitrogens is 1. The van der Waals surface area contributed by atoms with Crippen molar-refractivity contribution in [2.24, 2.45) is 0 Å². The fourth-order valence-electron chi connectivity index (χ4n) is 1.95. The summed E-state index contributed by atoms with van der Waals surface area (Å²) in [5.41, 5.74) is 2.24. The van der Waals surface area contributed by atoms with Crippen molar-refractivity contribution in [3.63, 3.8) is 0 Å². The third-order valence-corrected chi connectivity index (χ3v) is 2.98. The molecular formula is C17H13N3O. The minimum Gasteiger partial charge on any atom is -0.457 e. The molecule has 2 aromatic carbocycles. The van der Waals surface area contributed by atoms with Crippen molar-refractivity contribution in [1.82, 2.24) is 4.98 Å². The van der Waals surface area contributed by atoms with Gasteiger partial charge >= 0.3 is 0 Å². The van der Waals surface area contributed by atoms with Crippen LogP contribution < -0.4 is 10.1 Å². The molecule has 3 aromatic rings. The summed E-state index contributed by atoms with van der Waals surface area (Å²) in [6, 6.07) is 19.3. The highest BCUT2D eigenvalue weighted by Gasteiger charge is 2.03. The van der Waals surface area contributed by atoms with E-state index in [1.165, 1.54) is 0 Å². The van der Waals surface area contributed by atoms with Gasteiger partial charge < -0.3 is 15.0 Å². The molecule has 0 aliphatic heterocycles. The van der Waals surface area contributed by atoms with Crippen LogP contribution >= 0.6 is 0 Å². The summed E-state index contributed by atoms with van der Waals surface area (Å²) >= 11 is 0. The van der Waals surface area contributed by atoms with Crippen molar-refractivity contribution in [2.45, 2.75) is 0 Å². The molecule has 0 fully saturated rings. The monoisotopic (exact) mass is 275 g/mol.